The summed E-state index contributed by atoms with van der Waals surface area (Å²) in [6.45, 7) is 5.45. The van der Waals surface area contributed by atoms with Crippen molar-refractivity contribution in [2.24, 2.45) is 17.3 Å². The van der Waals surface area contributed by atoms with Crippen molar-refractivity contribution in [3.8, 4) is 5.75 Å². The Hall–Kier alpha value is -1.02. The van der Waals surface area contributed by atoms with Crippen LogP contribution in [0, 0.1) is 23.3 Å². The van der Waals surface area contributed by atoms with Gasteiger partial charge in [-0.15, -0.1) is 0 Å². The predicted octanol–water partition coefficient (Wildman–Crippen LogP) is 5.54. The van der Waals surface area contributed by atoms with Crippen LogP contribution in [0.2, 0.25) is 0 Å². The van der Waals surface area contributed by atoms with Gasteiger partial charge in [-0.3, -0.25) is 0 Å². The minimum absolute atomic E-state index is 0.428. The van der Waals surface area contributed by atoms with Crippen molar-refractivity contribution in [1.82, 2.24) is 0 Å². The highest BCUT2D eigenvalue weighted by molar-refractivity contribution is 5.40. The van der Waals surface area contributed by atoms with E-state index >= 15 is 0 Å². The Bertz CT molecular complexity index is 608. The van der Waals surface area contributed by atoms with Gasteiger partial charge in [0.05, 0.1) is 13.2 Å². The number of methoxy groups -OCH3 is 1. The highest BCUT2D eigenvalue weighted by Gasteiger charge is 2.54. The normalized spacial score (nSPS) is 36.9. The summed E-state index contributed by atoms with van der Waals surface area (Å²) < 4.78 is 11.8. The number of benzene rings is 1. The Morgan fingerprint density at radius 1 is 1.20 bits per heavy atom. The topological polar surface area (TPSA) is 18.5 Å². The van der Waals surface area contributed by atoms with Crippen LogP contribution in [-0.4, -0.2) is 19.8 Å². The maximum atomic E-state index is 6.31. The van der Waals surface area contributed by atoms with Crippen molar-refractivity contribution in [2.45, 2.75) is 77.2 Å². The van der Waals surface area contributed by atoms with Crippen LogP contribution in [0.15, 0.2) is 12.1 Å². The van der Waals surface area contributed by atoms with Crippen molar-refractivity contribution >= 4 is 0 Å². The van der Waals surface area contributed by atoms with E-state index in [9.17, 15) is 0 Å². The molecule has 0 aliphatic heterocycles. The quantitative estimate of drug-likeness (QED) is 0.716. The molecular weight excluding hydrogens is 308 g/mol. The van der Waals surface area contributed by atoms with Crippen LogP contribution in [0.5, 0.6) is 5.75 Å². The van der Waals surface area contributed by atoms with Crippen LogP contribution in [0.3, 0.4) is 0 Å². The molecule has 2 fully saturated rings. The molecule has 0 N–H and O–H groups in total. The number of ether oxygens (including phenoxy) is 2. The predicted molar refractivity (Wildman–Crippen MR) is 101 cm³/mol. The maximum Gasteiger partial charge on any atom is 0.127 e. The second-order valence-electron chi connectivity index (χ2n) is 8.40. The smallest absolute Gasteiger partial charge is 0.127 e. The number of hydrogen-bond donors (Lipinski definition) is 0. The molecule has 2 saturated carbocycles. The van der Waals surface area contributed by atoms with Crippen LogP contribution in [0.4, 0.5) is 0 Å². The minimum atomic E-state index is 0.428. The summed E-state index contributed by atoms with van der Waals surface area (Å²) >= 11 is 0. The molecule has 137 valence electrons. The fourth-order valence-corrected chi connectivity index (χ4v) is 6.67. The SMILES string of the molecule is CCOC1CCC[C@H]2[C@@H]3CCc4c[c]c(OC)cc4[C@H]3CC[C@]12CC. The van der Waals surface area contributed by atoms with Crippen molar-refractivity contribution in [3.05, 3.63) is 29.3 Å². The lowest BCUT2D eigenvalue weighted by Crippen LogP contribution is -2.53. The van der Waals surface area contributed by atoms with Gasteiger partial charge in [0.25, 0.3) is 0 Å². The fraction of sp³-hybridized carbons (Fsp3) is 0.739. The molecule has 3 aliphatic rings. The van der Waals surface area contributed by atoms with Crippen LogP contribution in [-0.2, 0) is 11.2 Å². The van der Waals surface area contributed by atoms with E-state index in [1.54, 1.807) is 12.7 Å². The third-order valence-corrected chi connectivity index (χ3v) is 7.75. The van der Waals surface area contributed by atoms with E-state index < -0.39 is 0 Å². The van der Waals surface area contributed by atoms with E-state index in [1.807, 2.05) is 0 Å². The zero-order chi connectivity index (χ0) is 17.4. The molecular formula is C23H33O2. The van der Waals surface area contributed by atoms with E-state index in [4.69, 9.17) is 9.47 Å². The molecule has 0 spiro atoms. The first-order valence-corrected chi connectivity index (χ1v) is 10.4. The standard InChI is InChI=1S/C23H33O2/c1-4-23-14-13-18-19(21(23)7-6-8-22(23)25-5-2)12-10-16-9-11-17(24-3)15-20(16)18/h9,15,18-19,21-22H,4-8,10,12-14H2,1-3H3/t18-,19+,21-,22?,23-/m0/s1. The molecule has 1 unspecified atom stereocenters. The minimum Gasteiger partial charge on any atom is -0.496 e. The number of fused-ring (bicyclic) bond motifs is 5. The van der Waals surface area contributed by atoms with Crippen LogP contribution >= 0.6 is 0 Å². The van der Waals surface area contributed by atoms with Gasteiger partial charge in [-0.25, -0.2) is 0 Å². The first kappa shape index (κ1) is 17.4. The Balaban J connectivity index is 1.68. The van der Waals surface area contributed by atoms with Gasteiger partial charge in [0.1, 0.15) is 5.75 Å². The largest absolute Gasteiger partial charge is 0.496 e. The second kappa shape index (κ2) is 6.95. The lowest BCUT2D eigenvalue weighted by Gasteiger charge is -2.58. The van der Waals surface area contributed by atoms with Gasteiger partial charge in [0.15, 0.2) is 0 Å². The Kier molecular flexibility index (Phi) is 4.83. The average Bonchev–Trinajstić information content (AvgIpc) is 2.67. The Labute approximate surface area is 153 Å². The molecule has 1 aromatic carbocycles. The van der Waals surface area contributed by atoms with Gasteiger partial charge in [-0.1, -0.05) is 13.3 Å². The molecule has 4 rings (SSSR count). The van der Waals surface area contributed by atoms with Gasteiger partial charge in [0.2, 0.25) is 0 Å². The van der Waals surface area contributed by atoms with Gasteiger partial charge in [-0.2, -0.15) is 0 Å². The summed E-state index contributed by atoms with van der Waals surface area (Å²) in [6.07, 6.45) is 11.0. The molecule has 0 heterocycles. The van der Waals surface area contributed by atoms with E-state index in [2.05, 4.69) is 32.0 Å². The Morgan fingerprint density at radius 3 is 2.84 bits per heavy atom. The molecule has 3 aliphatic carbocycles. The number of aryl methyl sites for hydroxylation is 1. The zero-order valence-electron chi connectivity index (χ0n) is 16.1. The van der Waals surface area contributed by atoms with Crippen molar-refractivity contribution in [2.75, 3.05) is 13.7 Å². The monoisotopic (exact) mass is 341 g/mol. The van der Waals surface area contributed by atoms with E-state index in [0.29, 0.717) is 11.5 Å². The molecule has 1 radical (unpaired) electrons. The average molecular weight is 342 g/mol. The van der Waals surface area contributed by atoms with Crippen molar-refractivity contribution < 1.29 is 9.47 Å². The molecule has 2 nitrogen and oxygen atoms in total. The third-order valence-electron chi connectivity index (χ3n) is 7.75. The molecule has 5 atom stereocenters. The van der Waals surface area contributed by atoms with Crippen molar-refractivity contribution in [3.63, 3.8) is 0 Å². The summed E-state index contributed by atoms with van der Waals surface area (Å²) in [5.74, 6) is 3.29. The van der Waals surface area contributed by atoms with Gasteiger partial charge in [-0.05, 0) is 98.3 Å². The first-order chi connectivity index (χ1) is 12.2. The first-order valence-electron chi connectivity index (χ1n) is 10.4. The summed E-state index contributed by atoms with van der Waals surface area (Å²) in [6, 6.07) is 7.77. The number of rotatable bonds is 4. The summed E-state index contributed by atoms with van der Waals surface area (Å²) in [5.41, 5.74) is 3.51. The molecule has 2 heteroatoms. The second-order valence-corrected chi connectivity index (χ2v) is 8.40. The highest BCUT2D eigenvalue weighted by Crippen LogP contribution is 2.61. The van der Waals surface area contributed by atoms with Crippen LogP contribution in [0.1, 0.15) is 75.8 Å². The third kappa shape index (κ3) is 2.72. The summed E-state index contributed by atoms with van der Waals surface area (Å²) in [7, 11) is 1.76. The molecule has 0 bridgehead atoms. The Morgan fingerprint density at radius 2 is 2.08 bits per heavy atom. The van der Waals surface area contributed by atoms with Crippen molar-refractivity contribution in [1.29, 1.82) is 0 Å². The summed E-state index contributed by atoms with van der Waals surface area (Å²) in [5, 5.41) is 0. The molecule has 1 aromatic rings. The van der Waals surface area contributed by atoms with E-state index in [-0.39, 0.29) is 0 Å². The van der Waals surface area contributed by atoms with Gasteiger partial charge in [0, 0.05) is 12.7 Å². The summed E-state index contributed by atoms with van der Waals surface area (Å²) in [4.78, 5) is 0. The highest BCUT2D eigenvalue weighted by atomic mass is 16.5. The fourth-order valence-electron chi connectivity index (χ4n) is 6.67. The van der Waals surface area contributed by atoms with E-state index in [0.717, 1.165) is 30.1 Å². The maximum absolute atomic E-state index is 6.31. The molecule has 0 aromatic heterocycles. The van der Waals surface area contributed by atoms with Crippen LogP contribution in [0.25, 0.3) is 0 Å². The molecule has 0 amide bonds. The molecule has 25 heavy (non-hydrogen) atoms. The number of hydrogen-bond acceptors (Lipinski definition) is 2. The lowest BCUT2D eigenvalue weighted by atomic mass is 9.48. The lowest BCUT2D eigenvalue weighted by molar-refractivity contribution is -0.138. The van der Waals surface area contributed by atoms with Gasteiger partial charge < -0.3 is 9.47 Å². The van der Waals surface area contributed by atoms with Crippen LogP contribution < -0.4 is 4.74 Å². The van der Waals surface area contributed by atoms with Gasteiger partial charge >= 0.3 is 0 Å². The zero-order valence-corrected chi connectivity index (χ0v) is 16.1. The van der Waals surface area contributed by atoms with E-state index in [1.165, 1.54) is 56.9 Å². The molecule has 0 saturated heterocycles.